The topological polar surface area (TPSA) is 719 Å². The van der Waals surface area contributed by atoms with Crippen molar-refractivity contribution in [1.29, 1.82) is 0 Å². The highest BCUT2D eigenvalue weighted by atomic mass is 31.2. The third kappa shape index (κ3) is 42.3. The number of nitrogens with one attached hydrogen (secondary N) is 4. The molecule has 0 aromatic heterocycles. The Morgan fingerprint density at radius 2 is 0.504 bits per heavy atom. The fourth-order valence-electron chi connectivity index (χ4n) is 14.4. The van der Waals surface area contributed by atoms with Gasteiger partial charge in [0.1, 0.15) is 0 Å². The van der Waals surface area contributed by atoms with E-state index < -0.39 is 187 Å². The number of phosphoric acid groups is 3. The van der Waals surface area contributed by atoms with E-state index in [1.807, 2.05) is 0 Å². The summed E-state index contributed by atoms with van der Waals surface area (Å²) in [5, 5.41) is 106. The van der Waals surface area contributed by atoms with Crippen LogP contribution in [0, 0.1) is 35.5 Å². The average molecular weight is 1940 g/mol. The molecule has 0 bridgehead atoms. The molecule has 4 amide bonds. The minimum Gasteiger partial charge on any atom is -0.390 e. The van der Waals surface area contributed by atoms with Crippen LogP contribution in [-0.2, 0) is 155 Å². The quantitative estimate of drug-likeness (QED) is 0.0153. The Morgan fingerprint density at radius 1 is 0.295 bits per heavy atom. The predicted molar refractivity (Wildman–Crippen MR) is 429 cm³/mol. The Labute approximate surface area is 746 Å². The van der Waals surface area contributed by atoms with E-state index in [4.69, 9.17) is 141 Å². The second-order valence-electron chi connectivity index (χ2n) is 30.2. The number of carbonyl (C=O) groups excluding carboxylic acids is 5. The van der Waals surface area contributed by atoms with Crippen LogP contribution in [0.2, 0.25) is 0 Å². The minimum atomic E-state index is -4.93. The molecule has 3 saturated heterocycles. The predicted octanol–water partition coefficient (Wildman–Crippen LogP) is -8.31. The largest absolute Gasteiger partial charge is 0.469 e. The number of amides is 4. The van der Waals surface area contributed by atoms with E-state index in [0.717, 1.165) is 0 Å². The summed E-state index contributed by atoms with van der Waals surface area (Å²) in [5.74, 6) is -15.5. The lowest BCUT2D eigenvalue weighted by atomic mass is 9.83. The summed E-state index contributed by atoms with van der Waals surface area (Å²) < 4.78 is 168. The molecule has 2 radical (unpaired) electrons. The van der Waals surface area contributed by atoms with E-state index in [1.165, 1.54) is 0 Å². The molecule has 0 aromatic rings. The molecule has 129 heavy (non-hydrogen) atoms. The number of hydrogen-bond donors (Lipinski definition) is 19. The molecule has 3 saturated carbocycles. The Morgan fingerprint density at radius 3 is 0.729 bits per heavy atom. The first-order valence-electron chi connectivity index (χ1n) is 42.4. The van der Waals surface area contributed by atoms with Crippen molar-refractivity contribution < 1.29 is 231 Å². The first-order chi connectivity index (χ1) is 61.5. The molecule has 56 heteroatoms. The molecule has 6 fully saturated rings. The SMILES string of the molecule is [B]C(=O)CCOCCOCCOCCOCCC(=O)NC(CCC(=O)NCCOCCOCCOCCOCCOC1OC2(O)C(COP(=O)(O)O)C(O)C(O)C12)(CCC(=O)NCCOCCOCCOCCOCCOC1OC2(O)C(COP(=O)(O)O)C(O)C(O)C12)CCC(=O)NCCOCCOCCOCCOCCOC1OC2(O)C(COP(=O)(O)O)C(O)C(O)C12. The molecule has 18 unspecified atom stereocenters. The molecular formula is C73H132BN4O48P3. The van der Waals surface area contributed by atoms with Gasteiger partial charge in [-0.3, -0.25) is 32.7 Å². The summed E-state index contributed by atoms with van der Waals surface area (Å²) in [6, 6.07) is 0. The Hall–Kier alpha value is -3.30. The third-order valence-electron chi connectivity index (χ3n) is 21.0. The van der Waals surface area contributed by atoms with Gasteiger partial charge in [0.05, 0.1) is 329 Å². The van der Waals surface area contributed by atoms with Crippen LogP contribution in [0.4, 0.5) is 0 Å². The highest BCUT2D eigenvalue weighted by Crippen LogP contribution is 2.57. The van der Waals surface area contributed by atoms with Crippen LogP contribution in [0.3, 0.4) is 0 Å². The number of carbonyl (C=O) groups is 5. The fraction of sp³-hybridized carbons (Fsp3) is 0.932. The van der Waals surface area contributed by atoms with Crippen molar-refractivity contribution in [2.45, 2.75) is 130 Å². The van der Waals surface area contributed by atoms with Crippen molar-refractivity contribution in [2.75, 3.05) is 271 Å². The maximum Gasteiger partial charge on any atom is 0.469 e. The number of aliphatic hydroxyl groups excluding tert-OH is 6. The maximum absolute atomic E-state index is 13.9. The Bertz CT molecular complexity index is 3020. The van der Waals surface area contributed by atoms with Crippen LogP contribution in [-0.4, -0.2) is 462 Å². The first-order valence-corrected chi connectivity index (χ1v) is 47.0. The van der Waals surface area contributed by atoms with E-state index >= 15 is 0 Å². The standard InChI is InChI=1S/C73H132BN4O48P3/c74-53(79)4-12-102-17-22-107-27-28-108-23-18-103-13-5-57(83)78-70(6-1-54(80)75-9-14-104-19-24-109-29-32-112-35-38-115-41-44-118-67-58-64(87)61(84)50(71(58,90)124-67)47-121-127(93,94)95,7-2-55(81)76-10-15-105-20-25-110-30-33-113-36-39-116-42-45-119-68-59-65(88)62(85)51(72(59,91)125-68)48-122-128(96,97)98)8-3-56(82)77-11-16-106-21-26-111-31-34-114-37-40-117-43-46-120-69-60-66(89)63(86)52(73(60,92)126-69)49-123-129(99,100)101/h50-52,58-69,84-92H,1-49H2,(H,75,80)(H,76,81)(H,77,82)(H,78,83)(H2,93,94,95)(H2,96,97,98)(H2,99,100,101). The van der Waals surface area contributed by atoms with Gasteiger partial charge in [0.15, 0.2) is 44.1 Å². The molecular weight excluding hydrogens is 1800 g/mol. The summed E-state index contributed by atoms with van der Waals surface area (Å²) in [6.07, 6.45) is -13.3. The van der Waals surface area contributed by atoms with Crippen molar-refractivity contribution in [2.24, 2.45) is 35.5 Å². The summed E-state index contributed by atoms with van der Waals surface area (Å²) in [6.45, 7) is 3.34. The zero-order valence-electron chi connectivity index (χ0n) is 71.9. The molecule has 0 spiro atoms. The number of aliphatic hydroxyl groups is 9. The van der Waals surface area contributed by atoms with E-state index in [2.05, 4.69) is 34.8 Å². The van der Waals surface area contributed by atoms with E-state index in [0.29, 0.717) is 0 Å². The maximum atomic E-state index is 13.9. The van der Waals surface area contributed by atoms with Crippen molar-refractivity contribution >= 4 is 60.6 Å². The van der Waals surface area contributed by atoms with Crippen LogP contribution >= 0.6 is 23.5 Å². The molecule has 0 aromatic carbocycles. The van der Waals surface area contributed by atoms with Gasteiger partial charge in [-0.2, -0.15) is 0 Å². The normalized spacial score (nSPS) is 27.5. The molecule has 750 valence electrons. The van der Waals surface area contributed by atoms with E-state index in [9.17, 15) is 83.6 Å². The highest BCUT2D eigenvalue weighted by Gasteiger charge is 2.74. The lowest BCUT2D eigenvalue weighted by molar-refractivity contribution is -0.439. The average Bonchev–Trinajstić information content (AvgIpc) is 1.56. The number of ether oxygens (including phenoxy) is 22. The molecule has 3 aliphatic carbocycles. The lowest BCUT2D eigenvalue weighted by Crippen LogP contribution is -2.64. The molecule has 3 heterocycles. The highest BCUT2D eigenvalue weighted by molar-refractivity contribution is 7.46. The Kier molecular flexibility index (Phi) is 54.2. The van der Waals surface area contributed by atoms with Crippen LogP contribution in [0.15, 0.2) is 0 Å². The van der Waals surface area contributed by atoms with Crippen molar-refractivity contribution in [3.8, 4) is 0 Å². The van der Waals surface area contributed by atoms with Gasteiger partial charge in [0.2, 0.25) is 23.6 Å². The van der Waals surface area contributed by atoms with Crippen molar-refractivity contribution in [1.82, 2.24) is 21.3 Å². The fourth-order valence-corrected chi connectivity index (χ4v) is 15.4. The number of hydrogen-bond acceptors (Lipinski definition) is 42. The van der Waals surface area contributed by atoms with Gasteiger partial charge in [-0.25, -0.2) is 13.7 Å². The summed E-state index contributed by atoms with van der Waals surface area (Å²) in [4.78, 5) is 120. The minimum absolute atomic E-state index is 0.0147. The second-order valence-corrected chi connectivity index (χ2v) is 33.9. The smallest absolute Gasteiger partial charge is 0.390 e. The zero-order chi connectivity index (χ0) is 94.2. The second kappa shape index (κ2) is 61.1. The van der Waals surface area contributed by atoms with Gasteiger partial charge in [-0.15, -0.1) is 0 Å². The number of rotatable bonds is 82. The Balaban J connectivity index is 0.879. The lowest BCUT2D eigenvalue weighted by Gasteiger charge is -2.49. The first kappa shape index (κ1) is 114. The van der Waals surface area contributed by atoms with E-state index in [-0.39, 0.29) is 302 Å². The summed E-state index contributed by atoms with van der Waals surface area (Å²) in [7, 11) is -9.68. The third-order valence-corrected chi connectivity index (χ3v) is 22.5. The number of fused-ring (bicyclic) bond motifs is 3. The zero-order valence-corrected chi connectivity index (χ0v) is 74.6. The molecule has 6 aliphatic rings. The van der Waals surface area contributed by atoms with Gasteiger partial charge in [-0.05, 0) is 19.3 Å². The van der Waals surface area contributed by atoms with Gasteiger partial charge in [-0.1, -0.05) is 0 Å². The van der Waals surface area contributed by atoms with Crippen LogP contribution in [0.25, 0.3) is 0 Å². The van der Waals surface area contributed by atoms with Crippen LogP contribution < -0.4 is 21.3 Å². The van der Waals surface area contributed by atoms with Crippen molar-refractivity contribution in [3.63, 3.8) is 0 Å². The van der Waals surface area contributed by atoms with Gasteiger partial charge in [0.25, 0.3) is 0 Å². The van der Waals surface area contributed by atoms with Gasteiger partial charge >= 0.3 is 23.5 Å². The number of phosphoric ester groups is 3. The van der Waals surface area contributed by atoms with Gasteiger partial charge < -0.3 is 206 Å². The molecule has 6 rings (SSSR count). The molecule has 19 N–H and O–H groups in total. The van der Waals surface area contributed by atoms with Crippen LogP contribution in [0.5, 0.6) is 0 Å². The summed E-state index contributed by atoms with van der Waals surface area (Å²) >= 11 is 0. The summed E-state index contributed by atoms with van der Waals surface area (Å²) in [5.41, 5.74) is -1.78. The molecule has 52 nitrogen and oxygen atoms in total. The van der Waals surface area contributed by atoms with Crippen molar-refractivity contribution in [3.05, 3.63) is 0 Å². The molecule has 3 aliphatic heterocycles. The van der Waals surface area contributed by atoms with Gasteiger partial charge in [0, 0.05) is 57.3 Å². The monoisotopic (exact) mass is 1940 g/mol. The molecule has 18 atom stereocenters. The van der Waals surface area contributed by atoms with Crippen LogP contribution in [0.1, 0.15) is 51.4 Å². The van der Waals surface area contributed by atoms with E-state index in [1.54, 1.807) is 0 Å².